The van der Waals surface area contributed by atoms with Gasteiger partial charge in [0.15, 0.2) is 0 Å². The number of unbranched alkanes of at least 4 members (excludes halogenated alkanes) is 3. The van der Waals surface area contributed by atoms with Crippen molar-refractivity contribution in [2.24, 2.45) is 0 Å². The van der Waals surface area contributed by atoms with E-state index in [0.29, 0.717) is 6.42 Å². The molecule has 0 saturated heterocycles. The van der Waals surface area contributed by atoms with Crippen molar-refractivity contribution in [3.8, 4) is 0 Å². The number of carbonyl (C=O) groups is 1. The molecular formula is C17H24O3. The maximum absolute atomic E-state index is 10.4. The maximum atomic E-state index is 10.4. The van der Waals surface area contributed by atoms with Crippen LogP contribution in [-0.4, -0.2) is 22.3 Å². The molecule has 1 atom stereocenters. The van der Waals surface area contributed by atoms with E-state index in [1.54, 1.807) is 0 Å². The van der Waals surface area contributed by atoms with Crippen LogP contribution >= 0.6 is 0 Å². The van der Waals surface area contributed by atoms with Crippen LogP contribution in [0.25, 0.3) is 6.08 Å². The molecule has 0 spiro atoms. The predicted molar refractivity (Wildman–Crippen MR) is 81.6 cm³/mol. The first-order valence-corrected chi connectivity index (χ1v) is 7.23. The molecule has 0 saturated carbocycles. The summed E-state index contributed by atoms with van der Waals surface area (Å²) in [6.07, 6.45) is 6.83. The second-order valence-corrected chi connectivity index (χ2v) is 5.15. The summed E-state index contributed by atoms with van der Waals surface area (Å²) in [5.41, 5.74) is 2.47. The summed E-state index contributed by atoms with van der Waals surface area (Å²) in [4.78, 5) is 10.4. The van der Waals surface area contributed by atoms with Crippen molar-refractivity contribution < 1.29 is 15.0 Å². The fourth-order valence-electron chi connectivity index (χ4n) is 2.19. The zero-order valence-corrected chi connectivity index (χ0v) is 11.9. The van der Waals surface area contributed by atoms with Crippen LogP contribution in [0, 0.1) is 0 Å². The van der Waals surface area contributed by atoms with Gasteiger partial charge in [-0.3, -0.25) is 4.79 Å². The van der Waals surface area contributed by atoms with Gasteiger partial charge in [-0.2, -0.15) is 0 Å². The SMILES string of the molecule is C=Cc1ccc(CCCCCCC(O)CC(=O)O)cc1. The molecule has 0 heterocycles. The van der Waals surface area contributed by atoms with Crippen molar-refractivity contribution >= 4 is 12.0 Å². The highest BCUT2D eigenvalue weighted by molar-refractivity contribution is 5.67. The Hall–Kier alpha value is -1.61. The van der Waals surface area contributed by atoms with Crippen LogP contribution in [-0.2, 0) is 11.2 Å². The second-order valence-electron chi connectivity index (χ2n) is 5.15. The highest BCUT2D eigenvalue weighted by Crippen LogP contribution is 2.12. The van der Waals surface area contributed by atoms with Gasteiger partial charge in [-0.1, -0.05) is 56.2 Å². The lowest BCUT2D eigenvalue weighted by atomic mass is 10.0. The van der Waals surface area contributed by atoms with Crippen molar-refractivity contribution in [3.05, 3.63) is 42.0 Å². The normalized spacial score (nSPS) is 12.1. The monoisotopic (exact) mass is 276 g/mol. The van der Waals surface area contributed by atoms with Crippen molar-refractivity contribution in [2.45, 2.75) is 51.0 Å². The summed E-state index contributed by atoms with van der Waals surface area (Å²) in [5, 5.41) is 17.9. The van der Waals surface area contributed by atoms with Gasteiger partial charge in [0.1, 0.15) is 0 Å². The molecular weight excluding hydrogens is 252 g/mol. The number of benzene rings is 1. The number of carboxylic acids is 1. The molecule has 1 aromatic carbocycles. The highest BCUT2D eigenvalue weighted by atomic mass is 16.4. The van der Waals surface area contributed by atoms with Gasteiger partial charge in [-0.25, -0.2) is 0 Å². The van der Waals surface area contributed by atoms with Gasteiger partial charge in [0.05, 0.1) is 12.5 Å². The lowest BCUT2D eigenvalue weighted by molar-refractivity contribution is -0.139. The fourth-order valence-corrected chi connectivity index (χ4v) is 2.19. The Labute approximate surface area is 121 Å². The van der Waals surface area contributed by atoms with Gasteiger partial charge in [-0.15, -0.1) is 0 Å². The first-order valence-electron chi connectivity index (χ1n) is 7.23. The Morgan fingerprint density at radius 3 is 2.40 bits per heavy atom. The molecule has 0 aliphatic rings. The third-order valence-corrected chi connectivity index (χ3v) is 3.38. The van der Waals surface area contributed by atoms with E-state index in [0.717, 1.165) is 37.7 Å². The van der Waals surface area contributed by atoms with E-state index >= 15 is 0 Å². The quantitative estimate of drug-likeness (QED) is 0.641. The molecule has 110 valence electrons. The first-order chi connectivity index (χ1) is 9.61. The molecule has 2 N–H and O–H groups in total. The molecule has 1 unspecified atom stereocenters. The smallest absolute Gasteiger partial charge is 0.305 e. The van der Waals surface area contributed by atoms with Gasteiger partial charge >= 0.3 is 5.97 Å². The molecule has 0 amide bonds. The Morgan fingerprint density at radius 2 is 1.80 bits per heavy atom. The van der Waals surface area contributed by atoms with Crippen molar-refractivity contribution in [1.82, 2.24) is 0 Å². The van der Waals surface area contributed by atoms with Crippen LogP contribution in [0.3, 0.4) is 0 Å². The van der Waals surface area contributed by atoms with Crippen LogP contribution in [0.1, 0.15) is 49.7 Å². The van der Waals surface area contributed by atoms with E-state index < -0.39 is 12.1 Å². The van der Waals surface area contributed by atoms with Crippen LogP contribution in [0.15, 0.2) is 30.8 Å². The number of aryl methyl sites for hydroxylation is 1. The first kappa shape index (κ1) is 16.4. The number of aliphatic hydroxyl groups excluding tert-OH is 1. The molecule has 0 bridgehead atoms. The fraction of sp³-hybridized carbons (Fsp3) is 0.471. The van der Waals surface area contributed by atoms with E-state index in [9.17, 15) is 9.90 Å². The van der Waals surface area contributed by atoms with E-state index in [2.05, 4.69) is 30.8 Å². The molecule has 1 rings (SSSR count). The highest BCUT2D eigenvalue weighted by Gasteiger charge is 2.08. The largest absolute Gasteiger partial charge is 0.481 e. The number of hydrogen-bond donors (Lipinski definition) is 2. The Balaban J connectivity index is 2.06. The summed E-state index contributed by atoms with van der Waals surface area (Å²) in [5.74, 6) is -0.930. The molecule has 3 heteroatoms. The summed E-state index contributed by atoms with van der Waals surface area (Å²) in [7, 11) is 0. The minimum atomic E-state index is -0.930. The lowest BCUT2D eigenvalue weighted by Gasteiger charge is -2.07. The van der Waals surface area contributed by atoms with E-state index in [1.165, 1.54) is 5.56 Å². The Morgan fingerprint density at radius 1 is 1.15 bits per heavy atom. The molecule has 0 aliphatic heterocycles. The molecule has 20 heavy (non-hydrogen) atoms. The van der Waals surface area contributed by atoms with Crippen LogP contribution < -0.4 is 0 Å². The average molecular weight is 276 g/mol. The zero-order chi connectivity index (χ0) is 14.8. The number of carboxylic acid groups (broad SMARTS) is 1. The van der Waals surface area contributed by atoms with E-state index in [1.807, 2.05) is 6.08 Å². The standard InChI is InChI=1S/C17H24O3/c1-2-14-9-11-15(12-10-14)7-5-3-4-6-8-16(18)13-17(19)20/h2,9-12,16,18H,1,3-8,13H2,(H,19,20). The Bertz CT molecular complexity index is 409. The van der Waals surface area contributed by atoms with Gasteiger partial charge in [0.25, 0.3) is 0 Å². The predicted octanol–water partition coefficient (Wildman–Crippen LogP) is 3.66. The van der Waals surface area contributed by atoms with Gasteiger partial charge in [-0.05, 0) is 30.4 Å². The number of rotatable bonds is 10. The van der Waals surface area contributed by atoms with E-state index in [4.69, 9.17) is 5.11 Å². The molecule has 1 aromatic rings. The molecule has 0 radical (unpaired) electrons. The number of aliphatic hydroxyl groups is 1. The van der Waals surface area contributed by atoms with Crippen molar-refractivity contribution in [2.75, 3.05) is 0 Å². The minimum absolute atomic E-state index is 0.143. The second kappa shape index (κ2) is 9.32. The third kappa shape index (κ3) is 7.10. The van der Waals surface area contributed by atoms with Crippen molar-refractivity contribution in [3.63, 3.8) is 0 Å². The molecule has 0 aromatic heterocycles. The summed E-state index contributed by atoms with van der Waals surface area (Å²) in [6.45, 7) is 3.73. The molecule has 3 nitrogen and oxygen atoms in total. The maximum Gasteiger partial charge on any atom is 0.305 e. The summed E-state index contributed by atoms with van der Waals surface area (Å²) >= 11 is 0. The topological polar surface area (TPSA) is 57.5 Å². The van der Waals surface area contributed by atoms with Crippen molar-refractivity contribution in [1.29, 1.82) is 0 Å². The van der Waals surface area contributed by atoms with Crippen LogP contribution in [0.5, 0.6) is 0 Å². The lowest BCUT2D eigenvalue weighted by Crippen LogP contribution is -2.12. The molecule has 0 fully saturated rings. The van der Waals surface area contributed by atoms with Crippen LogP contribution in [0.4, 0.5) is 0 Å². The minimum Gasteiger partial charge on any atom is -0.481 e. The number of aliphatic carboxylic acids is 1. The van der Waals surface area contributed by atoms with Gasteiger partial charge < -0.3 is 10.2 Å². The Kier molecular flexibility index (Phi) is 7.66. The summed E-state index contributed by atoms with van der Waals surface area (Å²) in [6, 6.07) is 8.41. The van der Waals surface area contributed by atoms with Gasteiger partial charge in [0.2, 0.25) is 0 Å². The summed E-state index contributed by atoms with van der Waals surface area (Å²) < 4.78 is 0. The number of hydrogen-bond acceptors (Lipinski definition) is 2. The van der Waals surface area contributed by atoms with E-state index in [-0.39, 0.29) is 6.42 Å². The third-order valence-electron chi connectivity index (χ3n) is 3.38. The zero-order valence-electron chi connectivity index (χ0n) is 11.9. The van der Waals surface area contributed by atoms with Crippen LogP contribution in [0.2, 0.25) is 0 Å². The molecule has 0 aliphatic carbocycles. The average Bonchev–Trinajstić information content (AvgIpc) is 2.42. The van der Waals surface area contributed by atoms with Gasteiger partial charge in [0, 0.05) is 0 Å².